The molecule has 3 heteroatoms. The van der Waals surface area contributed by atoms with Crippen LogP contribution < -0.4 is 5.19 Å². The van der Waals surface area contributed by atoms with Gasteiger partial charge in [0.05, 0.1) is 19.3 Å². The maximum Gasteiger partial charge on any atom is 0.0786 e. The highest BCUT2D eigenvalue weighted by Gasteiger charge is 2.25. The van der Waals surface area contributed by atoms with E-state index in [-0.39, 0.29) is 5.41 Å². The average molecular weight is 490 g/mol. The fraction of sp³-hybridized carbons (Fsp3) is 0.219. The van der Waals surface area contributed by atoms with E-state index in [1.807, 2.05) is 11.3 Å². The molecule has 6 aromatic rings. The Morgan fingerprint density at radius 2 is 1.46 bits per heavy atom. The number of rotatable bonds is 2. The van der Waals surface area contributed by atoms with E-state index in [1.165, 1.54) is 52.6 Å². The van der Waals surface area contributed by atoms with Crippen LogP contribution in [-0.2, 0) is 5.41 Å². The zero-order valence-corrected chi connectivity index (χ0v) is 23.2. The first kappa shape index (κ1) is 22.5. The largest absolute Gasteiger partial charge is 0.248 e. The summed E-state index contributed by atoms with van der Waals surface area (Å²) >= 11 is 1.90. The monoisotopic (exact) mass is 489 g/mol. The smallest absolute Gasteiger partial charge is 0.0786 e. The van der Waals surface area contributed by atoms with Gasteiger partial charge in [0.2, 0.25) is 0 Å². The summed E-state index contributed by atoms with van der Waals surface area (Å²) in [6.07, 6.45) is 0. The molecular formula is C32H31NSSi. The molecule has 0 saturated carbocycles. The SMILES string of the molecule is CC(C)(C)c1cc(-c2cc([Si](C)(C)C)c3c(ccc4ccccc43)n2)c2sc3ccccc3c2c1. The minimum Gasteiger partial charge on any atom is -0.248 e. The van der Waals surface area contributed by atoms with Crippen LogP contribution in [0.15, 0.2) is 78.9 Å². The van der Waals surface area contributed by atoms with Crippen LogP contribution in [0.25, 0.3) is 53.1 Å². The quantitative estimate of drug-likeness (QED) is 0.174. The molecule has 4 aromatic carbocycles. The van der Waals surface area contributed by atoms with Gasteiger partial charge in [-0.1, -0.05) is 88.9 Å². The van der Waals surface area contributed by atoms with Crippen molar-refractivity contribution in [1.29, 1.82) is 0 Å². The van der Waals surface area contributed by atoms with E-state index < -0.39 is 8.07 Å². The van der Waals surface area contributed by atoms with Crippen molar-refractivity contribution in [1.82, 2.24) is 4.98 Å². The highest BCUT2D eigenvalue weighted by atomic mass is 32.1. The predicted molar refractivity (Wildman–Crippen MR) is 159 cm³/mol. The molecule has 0 spiro atoms. The molecular weight excluding hydrogens is 459 g/mol. The van der Waals surface area contributed by atoms with E-state index in [1.54, 1.807) is 0 Å². The van der Waals surface area contributed by atoms with Gasteiger partial charge < -0.3 is 0 Å². The minimum absolute atomic E-state index is 0.0562. The van der Waals surface area contributed by atoms with E-state index in [2.05, 4.69) is 119 Å². The molecule has 174 valence electrons. The predicted octanol–water partition coefficient (Wildman–Crippen LogP) is 9.27. The van der Waals surface area contributed by atoms with Crippen LogP contribution in [0.3, 0.4) is 0 Å². The van der Waals surface area contributed by atoms with Crippen LogP contribution in [0.4, 0.5) is 0 Å². The molecule has 0 saturated heterocycles. The zero-order valence-electron chi connectivity index (χ0n) is 21.4. The Hall–Kier alpha value is -3.01. The van der Waals surface area contributed by atoms with Crippen molar-refractivity contribution < 1.29 is 0 Å². The van der Waals surface area contributed by atoms with Gasteiger partial charge in [0.1, 0.15) is 0 Å². The molecule has 0 radical (unpaired) electrons. The van der Waals surface area contributed by atoms with Gasteiger partial charge in [0.15, 0.2) is 0 Å². The second kappa shape index (κ2) is 7.74. The third-order valence-electron chi connectivity index (χ3n) is 7.13. The summed E-state index contributed by atoms with van der Waals surface area (Å²) in [5.41, 5.74) is 4.89. The third kappa shape index (κ3) is 3.69. The summed E-state index contributed by atoms with van der Waals surface area (Å²) in [6, 6.07) is 29.2. The highest BCUT2D eigenvalue weighted by molar-refractivity contribution is 7.26. The van der Waals surface area contributed by atoms with E-state index in [0.717, 1.165) is 11.2 Å². The highest BCUT2D eigenvalue weighted by Crippen LogP contribution is 2.42. The minimum atomic E-state index is -1.67. The van der Waals surface area contributed by atoms with E-state index >= 15 is 0 Å². The molecule has 35 heavy (non-hydrogen) atoms. The van der Waals surface area contributed by atoms with Crippen molar-refractivity contribution in [2.75, 3.05) is 0 Å². The summed E-state index contributed by atoms with van der Waals surface area (Å²) in [7, 11) is -1.67. The molecule has 0 aliphatic carbocycles. The molecule has 0 N–H and O–H groups in total. The lowest BCUT2D eigenvalue weighted by Gasteiger charge is -2.23. The van der Waals surface area contributed by atoms with Gasteiger partial charge in [0, 0.05) is 31.1 Å². The topological polar surface area (TPSA) is 12.9 Å². The van der Waals surface area contributed by atoms with Crippen molar-refractivity contribution in [2.45, 2.75) is 45.8 Å². The summed E-state index contributed by atoms with van der Waals surface area (Å²) < 4.78 is 2.68. The maximum atomic E-state index is 5.34. The second-order valence-corrected chi connectivity index (χ2v) is 17.8. The molecule has 0 bridgehead atoms. The van der Waals surface area contributed by atoms with Gasteiger partial charge in [0.25, 0.3) is 0 Å². The summed E-state index contributed by atoms with van der Waals surface area (Å²) in [5.74, 6) is 0. The lowest BCUT2D eigenvalue weighted by atomic mass is 9.84. The van der Waals surface area contributed by atoms with Gasteiger partial charge in [-0.2, -0.15) is 0 Å². The number of pyridine rings is 1. The molecule has 0 aliphatic heterocycles. The fourth-order valence-electron chi connectivity index (χ4n) is 5.19. The lowest BCUT2D eigenvalue weighted by molar-refractivity contribution is 0.591. The fourth-order valence-corrected chi connectivity index (χ4v) is 7.98. The Kier molecular flexibility index (Phi) is 4.97. The average Bonchev–Trinajstić information content (AvgIpc) is 3.20. The molecule has 0 amide bonds. The van der Waals surface area contributed by atoms with Gasteiger partial charge in [-0.05, 0) is 57.3 Å². The third-order valence-corrected chi connectivity index (χ3v) is 10.4. The first-order valence-electron chi connectivity index (χ1n) is 12.4. The van der Waals surface area contributed by atoms with E-state index in [9.17, 15) is 0 Å². The standard InChI is InChI=1S/C32H31NSSi/c1-32(2,3)21-17-24-23-13-9-10-14-28(23)34-31(24)25(18-21)27-19-29(35(4,5)6)30-22-12-8-7-11-20(22)15-16-26(30)33-27/h7-19H,1-6H3. The van der Waals surface area contributed by atoms with Crippen molar-refractivity contribution in [2.24, 2.45) is 0 Å². The Morgan fingerprint density at radius 1 is 0.743 bits per heavy atom. The number of aromatic nitrogens is 1. The van der Waals surface area contributed by atoms with Crippen LogP contribution >= 0.6 is 11.3 Å². The normalized spacial score (nSPS) is 12.9. The summed E-state index contributed by atoms with van der Waals surface area (Å²) in [6.45, 7) is 14.3. The van der Waals surface area contributed by atoms with Crippen molar-refractivity contribution in [3.8, 4) is 11.3 Å². The number of fused-ring (bicyclic) bond motifs is 6. The van der Waals surface area contributed by atoms with Crippen molar-refractivity contribution >= 4 is 66.4 Å². The number of thiophene rings is 1. The van der Waals surface area contributed by atoms with Crippen LogP contribution in [0.1, 0.15) is 26.3 Å². The number of benzene rings is 4. The number of nitrogens with zero attached hydrogens (tertiary/aromatic N) is 1. The Morgan fingerprint density at radius 3 is 2.20 bits per heavy atom. The summed E-state index contributed by atoms with van der Waals surface area (Å²) in [4.78, 5) is 5.34. The van der Waals surface area contributed by atoms with Crippen molar-refractivity contribution in [3.63, 3.8) is 0 Å². The molecule has 6 rings (SSSR count). The van der Waals surface area contributed by atoms with E-state index in [4.69, 9.17) is 4.98 Å². The number of hydrogen-bond donors (Lipinski definition) is 0. The molecule has 2 heterocycles. The van der Waals surface area contributed by atoms with Crippen molar-refractivity contribution in [3.05, 3.63) is 84.4 Å². The van der Waals surface area contributed by atoms with Crippen LogP contribution in [0.5, 0.6) is 0 Å². The van der Waals surface area contributed by atoms with Gasteiger partial charge >= 0.3 is 0 Å². The Bertz CT molecular complexity index is 1760. The Labute approximate surface area is 212 Å². The maximum absolute atomic E-state index is 5.34. The summed E-state index contributed by atoms with van der Waals surface area (Å²) in [5, 5.41) is 8.13. The molecule has 0 atom stereocenters. The molecule has 1 nitrogen and oxygen atoms in total. The first-order chi connectivity index (χ1) is 16.6. The lowest BCUT2D eigenvalue weighted by Crippen LogP contribution is -2.38. The Balaban J connectivity index is 1.76. The molecule has 0 fully saturated rings. The van der Waals surface area contributed by atoms with Crippen LogP contribution in [-0.4, -0.2) is 13.1 Å². The van der Waals surface area contributed by atoms with Gasteiger partial charge in [-0.25, -0.2) is 4.98 Å². The molecule has 2 aromatic heterocycles. The molecule has 0 unspecified atom stereocenters. The van der Waals surface area contributed by atoms with E-state index in [0.29, 0.717) is 0 Å². The van der Waals surface area contributed by atoms with Crippen LogP contribution in [0.2, 0.25) is 19.6 Å². The zero-order chi connectivity index (χ0) is 24.5. The van der Waals surface area contributed by atoms with Gasteiger partial charge in [-0.15, -0.1) is 11.3 Å². The number of hydrogen-bond acceptors (Lipinski definition) is 2. The van der Waals surface area contributed by atoms with Gasteiger partial charge in [-0.3, -0.25) is 0 Å². The molecule has 0 aliphatic rings. The first-order valence-corrected chi connectivity index (χ1v) is 16.7. The van der Waals surface area contributed by atoms with Crippen LogP contribution in [0, 0.1) is 0 Å². The second-order valence-electron chi connectivity index (χ2n) is 11.7.